The Bertz CT molecular complexity index is 1420. The molecular formula is C25H23N5O3S. The van der Waals surface area contributed by atoms with Crippen LogP contribution in [-0.2, 0) is 4.79 Å². The van der Waals surface area contributed by atoms with E-state index in [2.05, 4.69) is 15.2 Å². The molecule has 0 spiro atoms. The SMILES string of the molecule is CCC(=O)N1c2ccccc2-c2nnc(SC)nc2OC1c1cn(C(=O)CC)c2ccccc12. The van der Waals surface area contributed by atoms with E-state index in [0.29, 0.717) is 40.0 Å². The van der Waals surface area contributed by atoms with Crippen molar-refractivity contribution in [3.05, 3.63) is 60.3 Å². The third kappa shape index (κ3) is 3.52. The van der Waals surface area contributed by atoms with Crippen LogP contribution in [0.2, 0.25) is 0 Å². The number of rotatable bonds is 4. The summed E-state index contributed by atoms with van der Waals surface area (Å²) < 4.78 is 8.12. The quantitative estimate of drug-likeness (QED) is 0.381. The number of para-hydroxylation sites is 2. The number of thioether (sulfide) groups is 1. The molecule has 0 radical (unpaired) electrons. The van der Waals surface area contributed by atoms with Gasteiger partial charge in [0.1, 0.15) is 0 Å². The molecular weight excluding hydrogens is 450 g/mol. The normalized spacial score (nSPS) is 14.8. The van der Waals surface area contributed by atoms with Crippen LogP contribution in [0.1, 0.15) is 43.3 Å². The Labute approximate surface area is 201 Å². The fourth-order valence-corrected chi connectivity index (χ4v) is 4.52. The molecule has 1 aliphatic rings. The lowest BCUT2D eigenvalue weighted by atomic mass is 10.1. The van der Waals surface area contributed by atoms with Gasteiger partial charge in [0.15, 0.2) is 5.69 Å². The number of benzene rings is 2. The van der Waals surface area contributed by atoms with E-state index in [1.807, 2.05) is 68.6 Å². The number of nitrogens with zero attached hydrogens (tertiary/aromatic N) is 5. The average Bonchev–Trinajstić information content (AvgIpc) is 3.20. The molecule has 1 aliphatic heterocycles. The zero-order valence-corrected chi connectivity index (χ0v) is 19.9. The number of ether oxygens (including phenoxy) is 1. The molecule has 0 bridgehead atoms. The molecule has 2 aromatic heterocycles. The van der Waals surface area contributed by atoms with Crippen LogP contribution in [0.15, 0.2) is 59.9 Å². The lowest BCUT2D eigenvalue weighted by Gasteiger charge is -2.30. The Morgan fingerprint density at radius 3 is 2.50 bits per heavy atom. The van der Waals surface area contributed by atoms with Crippen molar-refractivity contribution in [2.24, 2.45) is 0 Å². The third-order valence-electron chi connectivity index (χ3n) is 5.85. The fraction of sp³-hybridized carbons (Fsp3) is 0.240. The maximum absolute atomic E-state index is 13.4. The van der Waals surface area contributed by atoms with Crippen LogP contribution in [0.5, 0.6) is 5.88 Å². The van der Waals surface area contributed by atoms with Gasteiger partial charge in [0.2, 0.25) is 29.1 Å². The lowest BCUT2D eigenvalue weighted by molar-refractivity contribution is -0.120. The number of hydrogen-bond acceptors (Lipinski definition) is 7. The van der Waals surface area contributed by atoms with E-state index in [1.165, 1.54) is 11.8 Å². The van der Waals surface area contributed by atoms with Crippen molar-refractivity contribution in [3.63, 3.8) is 0 Å². The number of carbonyl (C=O) groups is 2. The summed E-state index contributed by atoms with van der Waals surface area (Å²) in [6.07, 6.45) is 3.40. The van der Waals surface area contributed by atoms with Crippen molar-refractivity contribution in [3.8, 4) is 17.1 Å². The Morgan fingerprint density at radius 1 is 1.00 bits per heavy atom. The van der Waals surface area contributed by atoms with Gasteiger partial charge in [-0.2, -0.15) is 4.98 Å². The van der Waals surface area contributed by atoms with Gasteiger partial charge in [0.05, 0.1) is 11.2 Å². The Balaban J connectivity index is 1.81. The fourth-order valence-electron chi connectivity index (χ4n) is 4.22. The molecule has 1 atom stereocenters. The molecule has 1 unspecified atom stereocenters. The van der Waals surface area contributed by atoms with Crippen molar-refractivity contribution >= 4 is 40.2 Å². The largest absolute Gasteiger partial charge is 0.447 e. The predicted molar refractivity (Wildman–Crippen MR) is 131 cm³/mol. The lowest BCUT2D eigenvalue weighted by Crippen LogP contribution is -2.37. The van der Waals surface area contributed by atoms with Gasteiger partial charge in [-0.05, 0) is 18.4 Å². The van der Waals surface area contributed by atoms with Gasteiger partial charge in [-0.1, -0.05) is 62.0 Å². The Morgan fingerprint density at radius 2 is 1.74 bits per heavy atom. The minimum Gasteiger partial charge on any atom is -0.447 e. The van der Waals surface area contributed by atoms with E-state index in [0.717, 1.165) is 10.9 Å². The summed E-state index contributed by atoms with van der Waals surface area (Å²) >= 11 is 1.36. The van der Waals surface area contributed by atoms with Crippen LogP contribution in [0.3, 0.4) is 0 Å². The van der Waals surface area contributed by atoms with Gasteiger partial charge >= 0.3 is 0 Å². The van der Waals surface area contributed by atoms with Gasteiger partial charge in [0.25, 0.3) is 0 Å². The van der Waals surface area contributed by atoms with Crippen LogP contribution < -0.4 is 9.64 Å². The molecule has 5 rings (SSSR count). The number of fused-ring (bicyclic) bond motifs is 4. The predicted octanol–water partition coefficient (Wildman–Crippen LogP) is 5.10. The molecule has 2 aromatic carbocycles. The summed E-state index contributed by atoms with van der Waals surface area (Å²) in [4.78, 5) is 32.4. The maximum atomic E-state index is 13.4. The van der Waals surface area contributed by atoms with Gasteiger partial charge in [0, 0.05) is 35.6 Å². The number of anilines is 1. The molecule has 1 amide bonds. The van der Waals surface area contributed by atoms with Crippen molar-refractivity contribution < 1.29 is 14.3 Å². The number of hydrogen-bond donors (Lipinski definition) is 0. The summed E-state index contributed by atoms with van der Waals surface area (Å²) in [5, 5.41) is 9.89. The minimum absolute atomic E-state index is 0.0427. The molecule has 172 valence electrons. The second-order valence-corrected chi connectivity index (χ2v) is 8.55. The van der Waals surface area contributed by atoms with Crippen molar-refractivity contribution in [2.75, 3.05) is 11.2 Å². The zero-order valence-electron chi connectivity index (χ0n) is 19.1. The highest BCUT2D eigenvalue weighted by atomic mass is 32.2. The minimum atomic E-state index is -0.850. The second-order valence-electron chi connectivity index (χ2n) is 7.78. The first-order chi connectivity index (χ1) is 16.6. The van der Waals surface area contributed by atoms with Gasteiger partial charge in [-0.25, -0.2) is 0 Å². The van der Waals surface area contributed by atoms with E-state index in [1.54, 1.807) is 15.7 Å². The third-order valence-corrected chi connectivity index (χ3v) is 6.38. The molecule has 8 nitrogen and oxygen atoms in total. The molecule has 0 fully saturated rings. The molecule has 3 heterocycles. The van der Waals surface area contributed by atoms with Gasteiger partial charge in [-0.3, -0.25) is 19.1 Å². The topological polar surface area (TPSA) is 90.2 Å². The second kappa shape index (κ2) is 8.90. The van der Waals surface area contributed by atoms with E-state index < -0.39 is 6.23 Å². The summed E-state index contributed by atoms with van der Waals surface area (Å²) in [7, 11) is 0. The molecule has 34 heavy (non-hydrogen) atoms. The highest BCUT2D eigenvalue weighted by Gasteiger charge is 2.37. The van der Waals surface area contributed by atoms with E-state index in [-0.39, 0.29) is 18.2 Å². The molecule has 4 aromatic rings. The van der Waals surface area contributed by atoms with E-state index in [9.17, 15) is 9.59 Å². The summed E-state index contributed by atoms with van der Waals surface area (Å²) in [6.45, 7) is 3.64. The van der Waals surface area contributed by atoms with E-state index in [4.69, 9.17) is 4.74 Å². The molecule has 0 aliphatic carbocycles. The molecule has 9 heteroatoms. The standard InChI is InChI=1S/C25H23N5O3S/c1-4-20(31)29-14-17(15-10-6-8-12-18(15)29)24-30(21(32)5-2)19-13-9-7-11-16(19)22-23(33-24)26-25(34-3)28-27-22/h6-14,24H,4-5H2,1-3H3. The number of amides is 1. The van der Waals surface area contributed by atoms with Gasteiger partial charge < -0.3 is 4.74 Å². The van der Waals surface area contributed by atoms with Crippen molar-refractivity contribution in [1.82, 2.24) is 19.7 Å². The van der Waals surface area contributed by atoms with Crippen LogP contribution >= 0.6 is 11.8 Å². The van der Waals surface area contributed by atoms with Crippen molar-refractivity contribution in [1.29, 1.82) is 0 Å². The van der Waals surface area contributed by atoms with Crippen LogP contribution in [0, 0.1) is 0 Å². The summed E-state index contributed by atoms with van der Waals surface area (Å²) in [5.74, 6) is 0.128. The Kier molecular flexibility index (Phi) is 5.79. The highest BCUT2D eigenvalue weighted by molar-refractivity contribution is 7.98. The smallest absolute Gasteiger partial charge is 0.247 e. The first-order valence-electron chi connectivity index (χ1n) is 11.1. The summed E-state index contributed by atoms with van der Waals surface area (Å²) in [6, 6.07) is 15.1. The zero-order chi connectivity index (χ0) is 23.8. The van der Waals surface area contributed by atoms with E-state index >= 15 is 0 Å². The maximum Gasteiger partial charge on any atom is 0.247 e. The Hall–Kier alpha value is -3.72. The molecule has 0 saturated carbocycles. The molecule has 0 saturated heterocycles. The van der Waals surface area contributed by atoms with Crippen LogP contribution in [0.4, 0.5) is 5.69 Å². The first-order valence-corrected chi connectivity index (χ1v) is 12.3. The summed E-state index contributed by atoms with van der Waals surface area (Å²) in [5.41, 5.74) is 3.30. The average molecular weight is 474 g/mol. The van der Waals surface area contributed by atoms with Crippen LogP contribution in [-0.4, -0.2) is 37.8 Å². The van der Waals surface area contributed by atoms with Crippen LogP contribution in [0.25, 0.3) is 22.2 Å². The molecule has 0 N–H and O–H groups in total. The van der Waals surface area contributed by atoms with Gasteiger partial charge in [-0.15, -0.1) is 10.2 Å². The first kappa shape index (κ1) is 22.1. The highest BCUT2D eigenvalue weighted by Crippen LogP contribution is 2.45. The number of carbonyl (C=O) groups excluding carboxylic acids is 2. The van der Waals surface area contributed by atoms with Crippen molar-refractivity contribution in [2.45, 2.75) is 38.1 Å². The number of aromatic nitrogens is 4. The monoisotopic (exact) mass is 473 g/mol.